The Balaban J connectivity index is 1.59. The van der Waals surface area contributed by atoms with Crippen LogP contribution in [0.5, 0.6) is 0 Å². The van der Waals surface area contributed by atoms with Gasteiger partial charge in [-0.1, -0.05) is 0 Å². The van der Waals surface area contributed by atoms with Gasteiger partial charge in [-0.2, -0.15) is 0 Å². The Kier molecular flexibility index (Phi) is 5.90. The molecule has 0 aromatic carbocycles. The second-order valence-corrected chi connectivity index (χ2v) is 6.21. The normalized spacial score (nSPS) is 18.0. The first-order valence-corrected chi connectivity index (χ1v) is 8.55. The number of carbonyl (C=O) groups excluding carboxylic acids is 2. The number of nitrogens with one attached hydrogen (secondary N) is 2. The van der Waals surface area contributed by atoms with Crippen LogP contribution in [0, 0.1) is 0 Å². The van der Waals surface area contributed by atoms with Gasteiger partial charge in [-0.05, 0) is 43.5 Å². The Morgan fingerprint density at radius 2 is 1.84 bits per heavy atom. The molecule has 0 saturated carbocycles. The summed E-state index contributed by atoms with van der Waals surface area (Å²) in [6.45, 7) is 1.80. The van der Waals surface area contributed by atoms with Crippen LogP contribution < -0.4 is 10.6 Å². The van der Waals surface area contributed by atoms with Crippen LogP contribution in [0.25, 0.3) is 0 Å². The smallest absolute Gasteiger partial charge is 0.242 e. The van der Waals surface area contributed by atoms with Crippen LogP contribution in [0.3, 0.4) is 0 Å². The molecule has 1 aliphatic heterocycles. The van der Waals surface area contributed by atoms with Crippen molar-refractivity contribution >= 4 is 11.8 Å². The second kappa shape index (κ2) is 8.53. The maximum atomic E-state index is 12.4. The molecule has 7 nitrogen and oxygen atoms in total. The molecule has 2 N–H and O–H groups in total. The zero-order valence-electron chi connectivity index (χ0n) is 14.1. The molecule has 0 unspecified atom stereocenters. The molecule has 0 radical (unpaired) electrons. The molecule has 134 valence electrons. The van der Waals surface area contributed by atoms with Gasteiger partial charge >= 0.3 is 0 Å². The molecule has 2 amide bonds. The molecule has 1 fully saturated rings. The van der Waals surface area contributed by atoms with E-state index in [2.05, 4.69) is 10.6 Å². The average molecular weight is 345 g/mol. The van der Waals surface area contributed by atoms with E-state index < -0.39 is 6.04 Å². The standard InChI is InChI=1S/C18H23N3O4/c22-17(20-16-7-1-2-8-19-18(16)23)13-21(11-14-5-3-9-24-14)12-15-6-4-10-25-15/h3-6,9-10,16H,1-2,7-8,11-13H2,(H,19,23)(H,20,22)/t16-/m1/s1. The molecule has 1 saturated heterocycles. The largest absolute Gasteiger partial charge is 0.468 e. The van der Waals surface area contributed by atoms with E-state index in [0.29, 0.717) is 26.1 Å². The molecular weight excluding hydrogens is 322 g/mol. The first-order valence-electron chi connectivity index (χ1n) is 8.55. The SMILES string of the molecule is O=C(CN(Cc1ccco1)Cc1ccco1)N[C@@H]1CCCCNC1=O. The van der Waals surface area contributed by atoms with Gasteiger partial charge in [0.25, 0.3) is 0 Å². The van der Waals surface area contributed by atoms with E-state index in [4.69, 9.17) is 8.83 Å². The molecule has 0 aliphatic carbocycles. The monoisotopic (exact) mass is 345 g/mol. The van der Waals surface area contributed by atoms with E-state index in [0.717, 1.165) is 24.4 Å². The van der Waals surface area contributed by atoms with Gasteiger partial charge in [0.15, 0.2) is 0 Å². The molecule has 1 aliphatic rings. The highest BCUT2D eigenvalue weighted by atomic mass is 16.3. The lowest BCUT2D eigenvalue weighted by molar-refractivity contribution is -0.129. The van der Waals surface area contributed by atoms with Gasteiger partial charge in [0, 0.05) is 6.54 Å². The van der Waals surface area contributed by atoms with Crippen LogP contribution in [0.1, 0.15) is 30.8 Å². The highest BCUT2D eigenvalue weighted by Gasteiger charge is 2.23. The Morgan fingerprint density at radius 3 is 2.44 bits per heavy atom. The predicted octanol–water partition coefficient (Wildman–Crippen LogP) is 1.66. The van der Waals surface area contributed by atoms with Crippen molar-refractivity contribution in [2.24, 2.45) is 0 Å². The summed E-state index contributed by atoms with van der Waals surface area (Å²) in [5.41, 5.74) is 0. The van der Waals surface area contributed by atoms with Crippen molar-refractivity contribution in [2.75, 3.05) is 13.1 Å². The fourth-order valence-electron chi connectivity index (χ4n) is 2.93. The first kappa shape index (κ1) is 17.3. The molecule has 2 aromatic rings. The van der Waals surface area contributed by atoms with Crippen LogP contribution >= 0.6 is 0 Å². The number of hydrogen-bond acceptors (Lipinski definition) is 5. The summed E-state index contributed by atoms with van der Waals surface area (Å²) in [6, 6.07) is 6.91. The minimum Gasteiger partial charge on any atom is -0.468 e. The van der Waals surface area contributed by atoms with Crippen molar-refractivity contribution in [3.63, 3.8) is 0 Å². The van der Waals surface area contributed by atoms with Gasteiger partial charge in [-0.3, -0.25) is 14.5 Å². The Morgan fingerprint density at radius 1 is 1.16 bits per heavy atom. The van der Waals surface area contributed by atoms with Gasteiger partial charge in [-0.15, -0.1) is 0 Å². The highest BCUT2D eigenvalue weighted by molar-refractivity contribution is 5.88. The third-order valence-corrected chi connectivity index (χ3v) is 4.16. The summed E-state index contributed by atoms with van der Waals surface area (Å²) in [5.74, 6) is 1.26. The van der Waals surface area contributed by atoms with Crippen LogP contribution in [-0.2, 0) is 22.7 Å². The van der Waals surface area contributed by atoms with Crippen molar-refractivity contribution in [2.45, 2.75) is 38.4 Å². The average Bonchev–Trinajstić information content (AvgIpc) is 3.23. The lowest BCUT2D eigenvalue weighted by Gasteiger charge is -2.21. The van der Waals surface area contributed by atoms with E-state index in [1.807, 2.05) is 29.2 Å². The molecule has 1 atom stereocenters. The number of amides is 2. The first-order chi connectivity index (χ1) is 12.2. The van der Waals surface area contributed by atoms with Crippen molar-refractivity contribution in [1.29, 1.82) is 0 Å². The number of rotatable bonds is 7. The molecule has 3 heterocycles. The third kappa shape index (κ3) is 5.22. The summed E-state index contributed by atoms with van der Waals surface area (Å²) in [6.07, 6.45) is 5.76. The van der Waals surface area contributed by atoms with E-state index in [9.17, 15) is 9.59 Å². The number of nitrogens with zero attached hydrogens (tertiary/aromatic N) is 1. The van der Waals surface area contributed by atoms with Crippen molar-refractivity contribution in [1.82, 2.24) is 15.5 Å². The lowest BCUT2D eigenvalue weighted by Crippen LogP contribution is -2.48. The van der Waals surface area contributed by atoms with Crippen LogP contribution in [-0.4, -0.2) is 35.8 Å². The summed E-state index contributed by atoms with van der Waals surface area (Å²) in [7, 11) is 0. The number of hydrogen-bond donors (Lipinski definition) is 2. The van der Waals surface area contributed by atoms with E-state index in [1.54, 1.807) is 12.5 Å². The summed E-state index contributed by atoms with van der Waals surface area (Å²) in [4.78, 5) is 26.3. The molecular formula is C18H23N3O4. The Labute approximate surface area is 146 Å². The second-order valence-electron chi connectivity index (χ2n) is 6.21. The fourth-order valence-corrected chi connectivity index (χ4v) is 2.93. The minimum absolute atomic E-state index is 0.102. The van der Waals surface area contributed by atoms with Gasteiger partial charge < -0.3 is 19.5 Å². The maximum absolute atomic E-state index is 12.4. The summed E-state index contributed by atoms with van der Waals surface area (Å²) >= 11 is 0. The van der Waals surface area contributed by atoms with Crippen molar-refractivity contribution in [3.05, 3.63) is 48.3 Å². The zero-order chi connectivity index (χ0) is 17.5. The number of furan rings is 2. The van der Waals surface area contributed by atoms with Crippen LogP contribution in [0.4, 0.5) is 0 Å². The molecule has 25 heavy (non-hydrogen) atoms. The quantitative estimate of drug-likeness (QED) is 0.797. The molecule has 7 heteroatoms. The summed E-state index contributed by atoms with van der Waals surface area (Å²) < 4.78 is 10.8. The lowest BCUT2D eigenvalue weighted by atomic mass is 10.1. The fraction of sp³-hybridized carbons (Fsp3) is 0.444. The Hall–Kier alpha value is -2.54. The summed E-state index contributed by atoms with van der Waals surface area (Å²) in [5, 5.41) is 5.67. The van der Waals surface area contributed by atoms with Gasteiger partial charge in [0.2, 0.25) is 11.8 Å². The molecule has 2 aromatic heterocycles. The van der Waals surface area contributed by atoms with E-state index >= 15 is 0 Å². The number of carbonyl (C=O) groups is 2. The van der Waals surface area contributed by atoms with Crippen LogP contribution in [0.2, 0.25) is 0 Å². The van der Waals surface area contributed by atoms with Crippen molar-refractivity contribution < 1.29 is 18.4 Å². The molecule has 0 bridgehead atoms. The molecule has 3 rings (SSSR count). The van der Waals surface area contributed by atoms with E-state index in [-0.39, 0.29) is 18.4 Å². The van der Waals surface area contributed by atoms with E-state index in [1.165, 1.54) is 0 Å². The Bertz CT molecular complexity index is 630. The molecule has 0 spiro atoms. The van der Waals surface area contributed by atoms with Gasteiger partial charge in [-0.25, -0.2) is 0 Å². The van der Waals surface area contributed by atoms with Crippen molar-refractivity contribution in [3.8, 4) is 0 Å². The van der Waals surface area contributed by atoms with Crippen LogP contribution in [0.15, 0.2) is 45.6 Å². The predicted molar refractivity (Wildman–Crippen MR) is 90.3 cm³/mol. The zero-order valence-corrected chi connectivity index (χ0v) is 14.1. The van der Waals surface area contributed by atoms with Gasteiger partial charge in [0.05, 0.1) is 32.2 Å². The third-order valence-electron chi connectivity index (χ3n) is 4.16. The minimum atomic E-state index is -0.455. The highest BCUT2D eigenvalue weighted by Crippen LogP contribution is 2.11. The maximum Gasteiger partial charge on any atom is 0.242 e. The topological polar surface area (TPSA) is 87.7 Å². The van der Waals surface area contributed by atoms with Gasteiger partial charge in [0.1, 0.15) is 17.6 Å².